The number of carboxylic acids is 1. The van der Waals surface area contributed by atoms with Crippen molar-refractivity contribution in [2.45, 2.75) is 38.2 Å². The van der Waals surface area contributed by atoms with Crippen molar-refractivity contribution in [2.24, 2.45) is 0 Å². The molecular weight excluding hydrogens is 320 g/mol. The quantitative estimate of drug-likeness (QED) is 0.346. The Labute approximate surface area is 116 Å². The summed E-state index contributed by atoms with van der Waals surface area (Å²) in [4.78, 5) is 10.3. The summed E-state index contributed by atoms with van der Waals surface area (Å²) in [5, 5.41) is 8.41. The fourth-order valence-electron chi connectivity index (χ4n) is 1.35. The SMILES string of the molecule is O=C(O)CCCCC(CCOS(=O)(=O)O)OS(=O)(=O)O. The Morgan fingerprint density at radius 1 is 1.00 bits per heavy atom. The van der Waals surface area contributed by atoms with Crippen LogP contribution in [0.5, 0.6) is 0 Å². The number of unbranched alkanes of at least 4 members (excludes halogenated alkanes) is 1. The average Bonchev–Trinajstić information content (AvgIpc) is 2.19. The Hall–Kier alpha value is -0.790. The molecule has 0 aromatic rings. The highest BCUT2D eigenvalue weighted by atomic mass is 32.3. The van der Waals surface area contributed by atoms with E-state index in [2.05, 4.69) is 8.37 Å². The van der Waals surface area contributed by atoms with E-state index in [-0.39, 0.29) is 25.7 Å². The number of rotatable bonds is 11. The van der Waals surface area contributed by atoms with Gasteiger partial charge in [0.05, 0.1) is 12.7 Å². The van der Waals surface area contributed by atoms with Crippen molar-refractivity contribution in [3.8, 4) is 0 Å². The molecule has 3 N–H and O–H groups in total. The lowest BCUT2D eigenvalue weighted by atomic mass is 10.1. The van der Waals surface area contributed by atoms with E-state index in [0.717, 1.165) is 0 Å². The van der Waals surface area contributed by atoms with Crippen LogP contribution in [0.3, 0.4) is 0 Å². The number of hydrogen-bond acceptors (Lipinski definition) is 7. The van der Waals surface area contributed by atoms with Crippen LogP contribution < -0.4 is 0 Å². The second-order valence-corrected chi connectivity index (χ2v) is 5.96. The molecule has 20 heavy (non-hydrogen) atoms. The molecule has 0 amide bonds. The molecule has 0 rings (SSSR count). The molecule has 0 aliphatic carbocycles. The fourth-order valence-corrected chi connectivity index (χ4v) is 2.19. The first-order valence-electron chi connectivity index (χ1n) is 5.49. The number of carboxylic acid groups (broad SMARTS) is 1. The average molecular weight is 336 g/mol. The molecule has 0 bridgehead atoms. The van der Waals surface area contributed by atoms with E-state index in [1.165, 1.54) is 0 Å². The molecule has 0 aromatic carbocycles. The Bertz CT molecular complexity index is 493. The molecule has 0 heterocycles. The fraction of sp³-hybridized carbons (Fsp3) is 0.875. The van der Waals surface area contributed by atoms with Crippen LogP contribution in [0.15, 0.2) is 0 Å². The molecule has 0 spiro atoms. The predicted molar refractivity (Wildman–Crippen MR) is 64.6 cm³/mol. The number of hydrogen-bond donors (Lipinski definition) is 3. The zero-order valence-corrected chi connectivity index (χ0v) is 12.0. The molecular formula is C8H16O10S2. The van der Waals surface area contributed by atoms with E-state index in [1.807, 2.05) is 0 Å². The van der Waals surface area contributed by atoms with E-state index in [1.54, 1.807) is 0 Å². The molecule has 0 aromatic heterocycles. The molecule has 0 aliphatic rings. The summed E-state index contributed by atoms with van der Waals surface area (Å²) in [5.74, 6) is -1.01. The first-order valence-corrected chi connectivity index (χ1v) is 8.22. The summed E-state index contributed by atoms with van der Waals surface area (Å²) in [6.07, 6.45) is -0.798. The molecule has 1 unspecified atom stereocenters. The highest BCUT2D eigenvalue weighted by Gasteiger charge is 2.18. The molecule has 0 saturated heterocycles. The summed E-state index contributed by atoms with van der Waals surface area (Å²) in [7, 11) is -9.37. The van der Waals surface area contributed by atoms with Crippen LogP contribution in [0, 0.1) is 0 Å². The van der Waals surface area contributed by atoms with Gasteiger partial charge in [-0.15, -0.1) is 0 Å². The van der Waals surface area contributed by atoms with Gasteiger partial charge in [-0.05, 0) is 19.3 Å². The van der Waals surface area contributed by atoms with Gasteiger partial charge in [-0.25, -0.2) is 8.37 Å². The Morgan fingerprint density at radius 3 is 2.05 bits per heavy atom. The minimum Gasteiger partial charge on any atom is -0.481 e. The molecule has 120 valence electrons. The first-order chi connectivity index (χ1) is 8.99. The normalized spacial score (nSPS) is 14.1. The van der Waals surface area contributed by atoms with Crippen LogP contribution >= 0.6 is 0 Å². The van der Waals surface area contributed by atoms with Crippen molar-refractivity contribution in [1.82, 2.24) is 0 Å². The smallest absolute Gasteiger partial charge is 0.397 e. The van der Waals surface area contributed by atoms with E-state index in [0.29, 0.717) is 6.42 Å². The largest absolute Gasteiger partial charge is 0.481 e. The lowest BCUT2D eigenvalue weighted by molar-refractivity contribution is -0.137. The van der Waals surface area contributed by atoms with Crippen LogP contribution in [-0.2, 0) is 34.0 Å². The van der Waals surface area contributed by atoms with E-state index in [4.69, 9.17) is 14.2 Å². The second-order valence-electron chi connectivity index (χ2n) is 3.82. The lowest BCUT2D eigenvalue weighted by Crippen LogP contribution is -2.21. The molecule has 10 nitrogen and oxygen atoms in total. The van der Waals surface area contributed by atoms with Gasteiger partial charge in [-0.1, -0.05) is 6.42 Å². The summed E-state index contributed by atoms with van der Waals surface area (Å²) in [6.45, 7) is -0.544. The molecule has 12 heteroatoms. The van der Waals surface area contributed by atoms with Crippen LogP contribution in [0.25, 0.3) is 0 Å². The van der Waals surface area contributed by atoms with Gasteiger partial charge in [0.1, 0.15) is 0 Å². The third-order valence-electron chi connectivity index (χ3n) is 2.10. The van der Waals surface area contributed by atoms with Gasteiger partial charge in [0.2, 0.25) is 0 Å². The lowest BCUT2D eigenvalue weighted by Gasteiger charge is -2.14. The molecule has 0 fully saturated rings. The van der Waals surface area contributed by atoms with Crippen molar-refractivity contribution >= 4 is 26.8 Å². The Morgan fingerprint density at radius 2 is 1.60 bits per heavy atom. The van der Waals surface area contributed by atoms with Crippen LogP contribution in [-0.4, -0.2) is 49.7 Å². The minimum absolute atomic E-state index is 0.0713. The van der Waals surface area contributed by atoms with Gasteiger partial charge < -0.3 is 5.11 Å². The van der Waals surface area contributed by atoms with E-state index >= 15 is 0 Å². The highest BCUT2D eigenvalue weighted by Crippen LogP contribution is 2.13. The summed E-state index contributed by atoms with van der Waals surface area (Å²) < 4.78 is 66.9. The van der Waals surface area contributed by atoms with Crippen molar-refractivity contribution in [3.63, 3.8) is 0 Å². The van der Waals surface area contributed by atoms with Gasteiger partial charge in [-0.2, -0.15) is 16.8 Å². The van der Waals surface area contributed by atoms with Crippen LogP contribution in [0.1, 0.15) is 32.1 Å². The molecule has 1 atom stereocenters. The van der Waals surface area contributed by atoms with Gasteiger partial charge in [0, 0.05) is 6.42 Å². The second kappa shape index (κ2) is 8.49. The van der Waals surface area contributed by atoms with Gasteiger partial charge in [-0.3, -0.25) is 13.9 Å². The molecule has 0 radical (unpaired) electrons. The minimum atomic E-state index is -4.73. The van der Waals surface area contributed by atoms with Crippen LogP contribution in [0.2, 0.25) is 0 Å². The molecule has 0 saturated carbocycles. The number of aliphatic carboxylic acids is 1. The zero-order valence-electron chi connectivity index (χ0n) is 10.3. The van der Waals surface area contributed by atoms with Crippen LogP contribution in [0.4, 0.5) is 0 Å². The summed E-state index contributed by atoms with van der Waals surface area (Å²) in [5.41, 5.74) is 0. The van der Waals surface area contributed by atoms with Crippen molar-refractivity contribution in [3.05, 3.63) is 0 Å². The maximum absolute atomic E-state index is 10.6. The van der Waals surface area contributed by atoms with E-state index < -0.39 is 39.5 Å². The third-order valence-corrected chi connectivity index (χ3v) is 3.08. The van der Waals surface area contributed by atoms with E-state index in [9.17, 15) is 21.6 Å². The molecule has 0 aliphatic heterocycles. The number of carbonyl (C=O) groups is 1. The Kier molecular flexibility index (Phi) is 8.15. The standard InChI is InChI=1S/C8H16O10S2/c9-8(10)4-2-1-3-7(18-20(14,15)16)5-6-17-19(11,12)13/h7H,1-6H2,(H,9,10)(H,11,12,13)(H,14,15,16). The topological polar surface area (TPSA) is 164 Å². The monoisotopic (exact) mass is 336 g/mol. The summed E-state index contributed by atoms with van der Waals surface area (Å²) in [6, 6.07) is 0. The predicted octanol–water partition coefficient (Wildman–Crippen LogP) is 0.0289. The van der Waals surface area contributed by atoms with Gasteiger partial charge in [0.15, 0.2) is 0 Å². The van der Waals surface area contributed by atoms with Crippen molar-refractivity contribution in [1.29, 1.82) is 0 Å². The maximum Gasteiger partial charge on any atom is 0.397 e. The highest BCUT2D eigenvalue weighted by molar-refractivity contribution is 7.81. The maximum atomic E-state index is 10.6. The van der Waals surface area contributed by atoms with Crippen molar-refractivity contribution < 1.29 is 44.2 Å². The Balaban J connectivity index is 4.24. The third kappa shape index (κ3) is 13.6. The van der Waals surface area contributed by atoms with Gasteiger partial charge >= 0.3 is 26.8 Å². The first kappa shape index (κ1) is 19.2. The van der Waals surface area contributed by atoms with Crippen molar-refractivity contribution in [2.75, 3.05) is 6.61 Å². The zero-order chi connectivity index (χ0) is 15.8. The summed E-state index contributed by atoms with van der Waals surface area (Å²) >= 11 is 0. The van der Waals surface area contributed by atoms with Gasteiger partial charge in [0.25, 0.3) is 0 Å².